The molecule has 0 fully saturated rings. The van der Waals surface area contributed by atoms with Gasteiger partial charge in [-0.05, 0) is 0 Å². The van der Waals surface area contributed by atoms with Crippen molar-refractivity contribution in [1.82, 2.24) is 0 Å². The van der Waals surface area contributed by atoms with Gasteiger partial charge in [-0.2, -0.15) is 36.4 Å². The molecule has 2 aromatic rings. The van der Waals surface area contributed by atoms with E-state index in [1.54, 1.807) is 0 Å². The second-order valence-corrected chi connectivity index (χ2v) is 1.92. The Morgan fingerprint density at radius 3 is 0.917 bits per heavy atom. The first-order valence-electron chi connectivity index (χ1n) is 3.33. The molecule has 0 heterocycles. The van der Waals surface area contributed by atoms with E-state index in [1.807, 2.05) is 60.7 Å². The van der Waals surface area contributed by atoms with Crippen molar-refractivity contribution in [2.45, 2.75) is 0 Å². The van der Waals surface area contributed by atoms with Crippen LogP contribution in [0, 0.1) is 0 Å². The van der Waals surface area contributed by atoms with Crippen LogP contribution in [0.4, 0.5) is 0 Å². The third-order valence-electron chi connectivity index (χ3n) is 1.11. The molecule has 0 bridgehead atoms. The molecule has 0 spiro atoms. The van der Waals surface area contributed by atoms with Crippen molar-refractivity contribution >= 4 is 0 Å². The minimum atomic E-state index is 0. The van der Waals surface area contributed by atoms with E-state index in [4.69, 9.17) is 0 Å². The van der Waals surface area contributed by atoms with Crippen LogP contribution >= 0.6 is 0 Å². The van der Waals surface area contributed by atoms with Gasteiger partial charge in [0.15, 0.2) is 0 Å². The molecule has 0 radical (unpaired) electrons. The largest absolute Gasteiger partial charge is 2.00 e. The van der Waals surface area contributed by atoms with Crippen molar-refractivity contribution in [2.75, 3.05) is 0 Å². The van der Waals surface area contributed by atoms with Crippen molar-refractivity contribution in [1.29, 1.82) is 0 Å². The summed E-state index contributed by atoms with van der Waals surface area (Å²) in [5, 5.41) is 0. The smallest absolute Gasteiger partial charge is 0.214 e. The molecule has 2 rings (SSSR count). The van der Waals surface area contributed by atoms with Crippen LogP contribution in [0.25, 0.3) is 0 Å². The molecule has 0 unspecified atom stereocenters. The molecule has 0 N–H and O–H groups in total. The van der Waals surface area contributed by atoms with Crippen molar-refractivity contribution in [3.8, 4) is 0 Å². The molecule has 0 aromatic heterocycles. The summed E-state index contributed by atoms with van der Waals surface area (Å²) in [6.45, 7) is 0. The molecular weight excluding hydrogens is 237 g/mol. The maximum absolute atomic E-state index is 2.00. The minimum absolute atomic E-state index is 0. The normalized spacial score (nSPS) is 6.67. The summed E-state index contributed by atoms with van der Waals surface area (Å²) >= 11 is 0. The van der Waals surface area contributed by atoms with E-state index in [9.17, 15) is 0 Å². The van der Waals surface area contributed by atoms with Gasteiger partial charge in [0, 0.05) is 16.5 Å². The monoisotopic (exact) mass is 246 g/mol. The first-order chi connectivity index (χ1) is 5.00. The molecule has 0 nitrogen and oxygen atoms in total. The molecule has 0 aliphatic carbocycles. The van der Waals surface area contributed by atoms with E-state index in [1.165, 1.54) is 0 Å². The average Bonchev–Trinajstić information content (AvgIpc) is 2.67. The van der Waals surface area contributed by atoms with Crippen LogP contribution < -0.4 is 0 Å². The van der Waals surface area contributed by atoms with Gasteiger partial charge in [0.05, 0.1) is 0 Å². The van der Waals surface area contributed by atoms with Gasteiger partial charge in [0.2, 0.25) is 0 Å². The quantitative estimate of drug-likeness (QED) is 0.496. The fourth-order valence-corrected chi connectivity index (χ4v) is 0.642. The maximum atomic E-state index is 2.00. The second kappa shape index (κ2) is 10.7. The molecule has 2 heteroatoms. The molecule has 0 atom stereocenters. The number of hydrogen-bond acceptors (Lipinski definition) is 0. The van der Waals surface area contributed by atoms with E-state index >= 15 is 0 Å². The summed E-state index contributed by atoms with van der Waals surface area (Å²) < 4.78 is 0. The molecule has 0 aliphatic heterocycles. The zero-order valence-electron chi connectivity index (χ0n) is 6.41. The SMILES string of the molecule is [Ni+2].[Ni].c1cc[cH-]c1.c1cc[cH-]c1. The Morgan fingerprint density at radius 2 is 0.833 bits per heavy atom. The van der Waals surface area contributed by atoms with Crippen LogP contribution in [0.15, 0.2) is 60.7 Å². The van der Waals surface area contributed by atoms with Crippen LogP contribution in [0.1, 0.15) is 0 Å². The van der Waals surface area contributed by atoms with Crippen molar-refractivity contribution in [3.05, 3.63) is 60.7 Å². The van der Waals surface area contributed by atoms with E-state index in [2.05, 4.69) is 0 Å². The van der Waals surface area contributed by atoms with Crippen molar-refractivity contribution < 1.29 is 33.0 Å². The Kier molecular flexibility index (Phi) is 12.7. The van der Waals surface area contributed by atoms with Gasteiger partial charge >= 0.3 is 16.5 Å². The number of rotatable bonds is 0. The Hall–Kier alpha value is -0.313. The molecule has 2 aromatic carbocycles. The van der Waals surface area contributed by atoms with Gasteiger partial charge in [-0.1, -0.05) is 0 Å². The zero-order valence-corrected chi connectivity index (χ0v) is 8.38. The van der Waals surface area contributed by atoms with Gasteiger partial charge in [-0.3, -0.25) is 0 Å². The Bertz CT molecular complexity index is 147. The van der Waals surface area contributed by atoms with E-state index in [-0.39, 0.29) is 33.0 Å². The third-order valence-corrected chi connectivity index (χ3v) is 1.11. The predicted molar refractivity (Wildman–Crippen MR) is 44.1 cm³/mol. The summed E-state index contributed by atoms with van der Waals surface area (Å²) in [5.41, 5.74) is 0. The summed E-state index contributed by atoms with van der Waals surface area (Å²) in [6.07, 6.45) is 0. The summed E-state index contributed by atoms with van der Waals surface area (Å²) in [4.78, 5) is 0. The van der Waals surface area contributed by atoms with Crippen molar-refractivity contribution in [2.24, 2.45) is 0 Å². The van der Waals surface area contributed by atoms with Crippen LogP contribution in [-0.2, 0) is 33.0 Å². The van der Waals surface area contributed by atoms with E-state index in [0.29, 0.717) is 0 Å². The molecule has 0 saturated carbocycles. The molecular formula is C10H10Ni2. The standard InChI is InChI=1S/2C5H5.2Ni/c2*1-2-4-5-3-1;;/h2*1-5H;;/q2*-1;;+2. The molecule has 0 aliphatic rings. The van der Waals surface area contributed by atoms with Crippen molar-refractivity contribution in [3.63, 3.8) is 0 Å². The van der Waals surface area contributed by atoms with Gasteiger partial charge < -0.3 is 0 Å². The summed E-state index contributed by atoms with van der Waals surface area (Å²) in [5.74, 6) is 0. The molecule has 0 saturated heterocycles. The van der Waals surface area contributed by atoms with Crippen LogP contribution in [0.3, 0.4) is 0 Å². The van der Waals surface area contributed by atoms with E-state index in [0.717, 1.165) is 0 Å². The predicted octanol–water partition coefficient (Wildman–Crippen LogP) is 2.81. The Morgan fingerprint density at radius 1 is 0.583 bits per heavy atom. The minimum Gasteiger partial charge on any atom is -0.214 e. The first-order valence-corrected chi connectivity index (χ1v) is 3.33. The fourth-order valence-electron chi connectivity index (χ4n) is 0.642. The Balaban J connectivity index is 0. The number of hydrogen-bond donors (Lipinski definition) is 0. The van der Waals surface area contributed by atoms with Crippen LogP contribution in [-0.4, -0.2) is 0 Å². The van der Waals surface area contributed by atoms with E-state index < -0.39 is 0 Å². The average molecular weight is 248 g/mol. The van der Waals surface area contributed by atoms with Gasteiger partial charge in [-0.15, -0.1) is 0 Å². The second-order valence-electron chi connectivity index (χ2n) is 1.92. The third kappa shape index (κ3) is 7.79. The molecule has 12 heavy (non-hydrogen) atoms. The topological polar surface area (TPSA) is 0 Å². The van der Waals surface area contributed by atoms with Crippen LogP contribution in [0.5, 0.6) is 0 Å². The summed E-state index contributed by atoms with van der Waals surface area (Å²) in [7, 11) is 0. The first kappa shape index (κ1) is 14.2. The maximum Gasteiger partial charge on any atom is 2.00 e. The molecule has 0 amide bonds. The van der Waals surface area contributed by atoms with Crippen LogP contribution in [0.2, 0.25) is 0 Å². The fraction of sp³-hybridized carbons (Fsp3) is 0. The summed E-state index contributed by atoms with van der Waals surface area (Å²) in [6, 6.07) is 20.0. The zero-order chi connectivity index (χ0) is 7.07. The van der Waals surface area contributed by atoms with Gasteiger partial charge in [-0.25, -0.2) is 24.3 Å². The van der Waals surface area contributed by atoms with Gasteiger partial charge in [0.1, 0.15) is 0 Å². The Labute approximate surface area is 93.6 Å². The molecule has 70 valence electrons. The van der Waals surface area contributed by atoms with Gasteiger partial charge in [0.25, 0.3) is 0 Å².